The Hall–Kier alpha value is -2.15. The Bertz CT molecular complexity index is 772. The zero-order chi connectivity index (χ0) is 18.5. The summed E-state index contributed by atoms with van der Waals surface area (Å²) in [5, 5.41) is 22.8. The molecule has 1 aromatic rings. The second-order valence-electron chi connectivity index (χ2n) is 7.11. The third-order valence-electron chi connectivity index (χ3n) is 5.52. The lowest BCUT2D eigenvalue weighted by Gasteiger charge is -2.46. The summed E-state index contributed by atoms with van der Waals surface area (Å²) in [4.78, 5) is 0. The van der Waals surface area contributed by atoms with Crippen molar-refractivity contribution in [1.82, 2.24) is 0 Å². The fraction of sp³-hybridized carbons (Fsp3) is 0.474. The van der Waals surface area contributed by atoms with Crippen molar-refractivity contribution in [3.8, 4) is 0 Å². The van der Waals surface area contributed by atoms with E-state index in [0.717, 1.165) is 18.9 Å². The van der Waals surface area contributed by atoms with Crippen molar-refractivity contribution >= 4 is 5.69 Å². The van der Waals surface area contributed by atoms with Gasteiger partial charge < -0.3 is 20.3 Å². The third kappa shape index (κ3) is 2.94. The van der Waals surface area contributed by atoms with Gasteiger partial charge in [0.05, 0.1) is 11.7 Å². The molecule has 1 unspecified atom stereocenters. The first-order valence-corrected chi connectivity index (χ1v) is 8.74. The zero-order valence-corrected chi connectivity index (χ0v) is 14.0. The first kappa shape index (κ1) is 17.3. The Balaban J connectivity index is 1.70. The minimum atomic E-state index is -4.39. The summed E-state index contributed by atoms with van der Waals surface area (Å²) < 4.78 is 45.2. The van der Waals surface area contributed by atoms with Gasteiger partial charge in [0.15, 0.2) is 11.5 Å². The molecule has 0 bridgehead atoms. The summed E-state index contributed by atoms with van der Waals surface area (Å²) in [7, 11) is 0. The molecule has 0 aromatic heterocycles. The summed E-state index contributed by atoms with van der Waals surface area (Å²) in [6.07, 6.45) is 0.623. The van der Waals surface area contributed by atoms with Crippen molar-refractivity contribution in [2.45, 2.75) is 37.6 Å². The van der Waals surface area contributed by atoms with Crippen molar-refractivity contribution in [3.63, 3.8) is 0 Å². The van der Waals surface area contributed by atoms with Crippen molar-refractivity contribution < 1.29 is 28.1 Å². The molecular formula is C19H20F3NO3. The molecular weight excluding hydrogens is 347 g/mol. The molecule has 1 aliphatic carbocycles. The minimum Gasteiger partial charge on any atom is -0.504 e. The van der Waals surface area contributed by atoms with Crippen LogP contribution < -0.4 is 5.32 Å². The van der Waals surface area contributed by atoms with Crippen molar-refractivity contribution in [3.05, 3.63) is 53.0 Å². The summed E-state index contributed by atoms with van der Waals surface area (Å²) in [5.74, 6) is -0.365. The maximum atomic E-state index is 13.1. The number of nitrogens with one attached hydrogen (secondary N) is 1. The Kier molecular flexibility index (Phi) is 4.14. The number of halogens is 3. The molecule has 2 heterocycles. The fourth-order valence-electron chi connectivity index (χ4n) is 4.27. The van der Waals surface area contributed by atoms with Crippen LogP contribution in [0.15, 0.2) is 41.9 Å². The number of ether oxygens (including phenoxy) is 1. The van der Waals surface area contributed by atoms with Gasteiger partial charge in [0, 0.05) is 35.7 Å². The lowest BCUT2D eigenvalue weighted by atomic mass is 9.73. The molecule has 0 saturated carbocycles. The molecule has 1 saturated heterocycles. The number of benzene rings is 1. The van der Waals surface area contributed by atoms with Crippen LogP contribution in [0.5, 0.6) is 0 Å². The molecule has 4 atom stereocenters. The monoisotopic (exact) mass is 367 g/mol. The quantitative estimate of drug-likeness (QED) is 0.663. The minimum absolute atomic E-state index is 0.00225. The summed E-state index contributed by atoms with van der Waals surface area (Å²) in [5.41, 5.74) is 0.508. The average Bonchev–Trinajstić information content (AvgIpc) is 2.62. The lowest BCUT2D eigenvalue weighted by molar-refractivity contribution is -0.137. The highest BCUT2D eigenvalue weighted by molar-refractivity contribution is 5.58. The van der Waals surface area contributed by atoms with Gasteiger partial charge >= 0.3 is 6.18 Å². The normalized spacial score (nSPS) is 31.2. The molecule has 0 spiro atoms. The van der Waals surface area contributed by atoms with Gasteiger partial charge in [-0.25, -0.2) is 0 Å². The van der Waals surface area contributed by atoms with E-state index in [4.69, 9.17) is 4.74 Å². The number of anilines is 1. The molecule has 3 aliphatic rings. The van der Waals surface area contributed by atoms with Crippen LogP contribution in [-0.2, 0) is 10.9 Å². The predicted octanol–water partition coefficient (Wildman–Crippen LogP) is 4.87. The molecule has 4 rings (SSSR count). The number of rotatable bonds is 1. The molecule has 1 fully saturated rings. The second kappa shape index (κ2) is 6.23. The molecule has 4 nitrogen and oxygen atoms in total. The number of aliphatic hydroxyl groups is 2. The van der Waals surface area contributed by atoms with Crippen LogP contribution in [0.1, 0.15) is 36.5 Å². The maximum Gasteiger partial charge on any atom is 0.416 e. The second-order valence-corrected chi connectivity index (χ2v) is 7.11. The molecule has 0 radical (unpaired) electrons. The van der Waals surface area contributed by atoms with Crippen LogP contribution in [0, 0.1) is 11.8 Å². The maximum absolute atomic E-state index is 13.1. The molecule has 0 amide bonds. The highest BCUT2D eigenvalue weighted by Gasteiger charge is 2.43. The molecule has 1 aromatic carbocycles. The average molecular weight is 367 g/mol. The Morgan fingerprint density at radius 3 is 2.69 bits per heavy atom. The van der Waals surface area contributed by atoms with Gasteiger partial charge in [-0.05, 0) is 49.6 Å². The number of aliphatic hydroxyl groups excluding tert-OH is 2. The zero-order valence-electron chi connectivity index (χ0n) is 14.0. The smallest absolute Gasteiger partial charge is 0.416 e. The number of allylic oxidation sites excluding steroid dienone is 1. The van der Waals surface area contributed by atoms with Crippen LogP contribution in [0.4, 0.5) is 18.9 Å². The predicted molar refractivity (Wildman–Crippen MR) is 89.8 cm³/mol. The van der Waals surface area contributed by atoms with Crippen molar-refractivity contribution in [2.75, 3.05) is 11.9 Å². The largest absolute Gasteiger partial charge is 0.504 e. The first-order chi connectivity index (χ1) is 12.3. The Labute approximate surface area is 149 Å². The van der Waals surface area contributed by atoms with Gasteiger partial charge in [-0.2, -0.15) is 13.2 Å². The Morgan fingerprint density at radius 2 is 1.96 bits per heavy atom. The SMILES string of the molecule is OC1=CCC([C@@H]2Nc3ccc(C(F)(F)F)cc3[C@H]3OCCC[C@H]32)C=C1O. The molecule has 140 valence electrons. The van der Waals surface area contributed by atoms with E-state index in [1.807, 2.05) is 0 Å². The van der Waals surface area contributed by atoms with Crippen LogP contribution in [0.25, 0.3) is 0 Å². The van der Waals surface area contributed by atoms with Crippen LogP contribution in [0.2, 0.25) is 0 Å². The van der Waals surface area contributed by atoms with Crippen LogP contribution >= 0.6 is 0 Å². The molecule has 7 heteroatoms. The van der Waals surface area contributed by atoms with E-state index in [1.54, 1.807) is 12.2 Å². The number of hydrogen-bond donors (Lipinski definition) is 3. The topological polar surface area (TPSA) is 61.7 Å². The van der Waals surface area contributed by atoms with Crippen LogP contribution in [0.3, 0.4) is 0 Å². The van der Waals surface area contributed by atoms with E-state index in [0.29, 0.717) is 24.3 Å². The van der Waals surface area contributed by atoms with Gasteiger partial charge in [0.1, 0.15) is 0 Å². The Morgan fingerprint density at radius 1 is 1.15 bits per heavy atom. The number of hydrogen-bond acceptors (Lipinski definition) is 4. The molecule has 26 heavy (non-hydrogen) atoms. The summed E-state index contributed by atoms with van der Waals surface area (Å²) >= 11 is 0. The standard InChI is InChI=1S/C19H20F3NO3/c20-19(21,22)11-4-5-14-13(9-11)18-12(2-1-7-26-18)17(23-14)10-3-6-15(24)16(25)8-10/h4-6,8-10,12,17-18,23-25H,1-3,7H2/t10?,12-,17-,18-/m0/s1. The summed E-state index contributed by atoms with van der Waals surface area (Å²) in [6, 6.07) is 3.63. The fourth-order valence-corrected chi connectivity index (χ4v) is 4.27. The first-order valence-electron chi connectivity index (χ1n) is 8.74. The van der Waals surface area contributed by atoms with Gasteiger partial charge in [-0.3, -0.25) is 0 Å². The van der Waals surface area contributed by atoms with Gasteiger partial charge in [0.25, 0.3) is 0 Å². The van der Waals surface area contributed by atoms with Gasteiger partial charge in [-0.15, -0.1) is 0 Å². The van der Waals surface area contributed by atoms with Gasteiger partial charge in [-0.1, -0.05) is 0 Å². The van der Waals surface area contributed by atoms with E-state index >= 15 is 0 Å². The number of alkyl halides is 3. The molecule has 2 aliphatic heterocycles. The number of fused-ring (bicyclic) bond motifs is 3. The van der Waals surface area contributed by atoms with E-state index in [9.17, 15) is 23.4 Å². The lowest BCUT2D eigenvalue weighted by Crippen LogP contribution is -2.45. The van der Waals surface area contributed by atoms with E-state index in [2.05, 4.69) is 5.32 Å². The third-order valence-corrected chi connectivity index (χ3v) is 5.52. The van der Waals surface area contributed by atoms with E-state index in [-0.39, 0.29) is 29.4 Å². The molecule has 3 N–H and O–H groups in total. The van der Waals surface area contributed by atoms with Crippen LogP contribution in [-0.4, -0.2) is 22.9 Å². The summed E-state index contributed by atoms with van der Waals surface area (Å²) in [6.45, 7) is 0.524. The van der Waals surface area contributed by atoms with Gasteiger partial charge in [0.2, 0.25) is 0 Å². The highest BCUT2D eigenvalue weighted by atomic mass is 19.4. The highest BCUT2D eigenvalue weighted by Crippen LogP contribution is 2.48. The van der Waals surface area contributed by atoms with E-state index < -0.39 is 17.8 Å². The van der Waals surface area contributed by atoms with Crippen molar-refractivity contribution in [2.24, 2.45) is 11.8 Å². The van der Waals surface area contributed by atoms with Crippen molar-refractivity contribution in [1.29, 1.82) is 0 Å². The van der Waals surface area contributed by atoms with E-state index in [1.165, 1.54) is 12.1 Å².